The maximum absolute atomic E-state index is 4.18. The molecule has 3 nitrogen and oxygen atoms in total. The van der Waals surface area contributed by atoms with Crippen LogP contribution in [0.5, 0.6) is 0 Å². The molecule has 0 aromatic heterocycles. The van der Waals surface area contributed by atoms with E-state index in [1.54, 1.807) is 0 Å². The predicted molar refractivity (Wildman–Crippen MR) is 70.7 cm³/mol. The van der Waals surface area contributed by atoms with Gasteiger partial charge in [-0.3, -0.25) is 4.99 Å². The number of nitrogens with zero attached hydrogens (tertiary/aromatic N) is 1. The van der Waals surface area contributed by atoms with Crippen molar-refractivity contribution in [2.75, 3.05) is 20.1 Å². The highest BCUT2D eigenvalue weighted by Crippen LogP contribution is 2.27. The van der Waals surface area contributed by atoms with Crippen molar-refractivity contribution in [1.82, 2.24) is 10.6 Å². The molecule has 2 atom stereocenters. The van der Waals surface area contributed by atoms with E-state index in [0.717, 1.165) is 30.9 Å². The Kier molecular flexibility index (Phi) is 5.98. The Balaban J connectivity index is 2.23. The van der Waals surface area contributed by atoms with Crippen LogP contribution < -0.4 is 10.6 Å². The maximum Gasteiger partial charge on any atom is 0.191 e. The number of guanidine groups is 1. The van der Waals surface area contributed by atoms with Gasteiger partial charge < -0.3 is 10.6 Å². The molecule has 2 N–H and O–H groups in total. The Morgan fingerprint density at radius 2 is 2.25 bits per heavy atom. The van der Waals surface area contributed by atoms with Crippen LogP contribution in [-0.2, 0) is 0 Å². The van der Waals surface area contributed by atoms with Crippen LogP contribution in [0.3, 0.4) is 0 Å². The van der Waals surface area contributed by atoms with E-state index in [1.807, 2.05) is 13.1 Å². The molecule has 1 aliphatic carbocycles. The Morgan fingerprint density at radius 1 is 1.44 bits per heavy atom. The lowest BCUT2D eigenvalue weighted by atomic mass is 9.82. The van der Waals surface area contributed by atoms with Crippen LogP contribution >= 0.6 is 0 Å². The molecular formula is C13H25N3. The second-order valence-corrected chi connectivity index (χ2v) is 4.76. The molecule has 0 radical (unpaired) electrons. The molecule has 2 unspecified atom stereocenters. The van der Waals surface area contributed by atoms with Crippen molar-refractivity contribution in [1.29, 1.82) is 0 Å². The van der Waals surface area contributed by atoms with Gasteiger partial charge in [0, 0.05) is 20.1 Å². The van der Waals surface area contributed by atoms with Crippen LogP contribution in [0.25, 0.3) is 0 Å². The van der Waals surface area contributed by atoms with E-state index in [0.29, 0.717) is 0 Å². The van der Waals surface area contributed by atoms with Crippen LogP contribution in [0, 0.1) is 11.8 Å². The first-order valence-corrected chi connectivity index (χ1v) is 6.31. The minimum absolute atomic E-state index is 0.765. The summed E-state index contributed by atoms with van der Waals surface area (Å²) in [7, 11) is 1.81. The molecule has 92 valence electrons. The zero-order chi connectivity index (χ0) is 11.8. The second kappa shape index (κ2) is 7.31. The van der Waals surface area contributed by atoms with Gasteiger partial charge in [0.2, 0.25) is 0 Å². The summed E-state index contributed by atoms with van der Waals surface area (Å²) >= 11 is 0. The zero-order valence-corrected chi connectivity index (χ0v) is 10.6. The first-order chi connectivity index (χ1) is 7.76. The Labute approximate surface area is 99.4 Å². The average Bonchev–Trinajstić information content (AvgIpc) is 2.29. The minimum Gasteiger partial charge on any atom is -0.356 e. The van der Waals surface area contributed by atoms with Crippen molar-refractivity contribution in [2.45, 2.75) is 32.6 Å². The third-order valence-corrected chi connectivity index (χ3v) is 3.24. The lowest BCUT2D eigenvalue weighted by Gasteiger charge is -2.27. The quantitative estimate of drug-likeness (QED) is 0.435. The molecule has 0 spiro atoms. The highest BCUT2D eigenvalue weighted by atomic mass is 15.2. The van der Waals surface area contributed by atoms with Crippen LogP contribution in [0.4, 0.5) is 0 Å². The van der Waals surface area contributed by atoms with Gasteiger partial charge in [-0.05, 0) is 24.7 Å². The summed E-state index contributed by atoms with van der Waals surface area (Å²) in [6.45, 7) is 7.85. The number of hydrogen-bond acceptors (Lipinski definition) is 1. The van der Waals surface area contributed by atoms with Gasteiger partial charge in [0.05, 0.1) is 0 Å². The number of nitrogens with one attached hydrogen (secondary N) is 2. The molecule has 0 aliphatic heterocycles. The lowest BCUT2D eigenvalue weighted by molar-refractivity contribution is 0.282. The molecule has 0 heterocycles. The summed E-state index contributed by atoms with van der Waals surface area (Å²) in [5.74, 6) is 2.59. The third kappa shape index (κ3) is 4.69. The molecule has 1 aliphatic rings. The first-order valence-electron chi connectivity index (χ1n) is 6.31. The smallest absolute Gasteiger partial charge is 0.191 e. The molecule has 0 bridgehead atoms. The summed E-state index contributed by atoms with van der Waals surface area (Å²) in [5.41, 5.74) is 0. The van der Waals surface area contributed by atoms with Crippen molar-refractivity contribution in [2.24, 2.45) is 16.8 Å². The summed E-state index contributed by atoms with van der Waals surface area (Å²) in [6.07, 6.45) is 7.34. The van der Waals surface area contributed by atoms with Crippen LogP contribution in [-0.4, -0.2) is 26.1 Å². The standard InChI is InChI=1S/C13H25N3/c1-4-8-15-13(14-3)16-10-12-7-5-6-11(2)9-12/h4,11-12H,1,5-10H2,2-3H3,(H2,14,15,16). The van der Waals surface area contributed by atoms with Crippen LogP contribution in [0.1, 0.15) is 32.6 Å². The second-order valence-electron chi connectivity index (χ2n) is 4.76. The minimum atomic E-state index is 0.765. The van der Waals surface area contributed by atoms with Gasteiger partial charge in [-0.15, -0.1) is 6.58 Å². The number of aliphatic imine (C=N–C) groups is 1. The number of hydrogen-bond donors (Lipinski definition) is 2. The zero-order valence-electron chi connectivity index (χ0n) is 10.6. The van der Waals surface area contributed by atoms with E-state index in [-0.39, 0.29) is 0 Å². The van der Waals surface area contributed by atoms with E-state index in [9.17, 15) is 0 Å². The normalized spacial score (nSPS) is 26.2. The van der Waals surface area contributed by atoms with Gasteiger partial charge in [-0.1, -0.05) is 25.8 Å². The maximum atomic E-state index is 4.18. The van der Waals surface area contributed by atoms with Gasteiger partial charge in [-0.25, -0.2) is 0 Å². The van der Waals surface area contributed by atoms with Gasteiger partial charge >= 0.3 is 0 Å². The van der Waals surface area contributed by atoms with Crippen LogP contribution in [0.15, 0.2) is 17.6 Å². The van der Waals surface area contributed by atoms with Crippen molar-refractivity contribution in [3.8, 4) is 0 Å². The molecular weight excluding hydrogens is 198 g/mol. The van der Waals surface area contributed by atoms with Gasteiger partial charge in [0.15, 0.2) is 5.96 Å². The largest absolute Gasteiger partial charge is 0.356 e. The summed E-state index contributed by atoms with van der Waals surface area (Å²) in [4.78, 5) is 4.18. The molecule has 1 saturated carbocycles. The Morgan fingerprint density at radius 3 is 2.88 bits per heavy atom. The lowest BCUT2D eigenvalue weighted by Crippen LogP contribution is -2.40. The topological polar surface area (TPSA) is 36.4 Å². The molecule has 0 saturated heterocycles. The fraction of sp³-hybridized carbons (Fsp3) is 0.769. The van der Waals surface area contributed by atoms with Gasteiger partial charge in [0.25, 0.3) is 0 Å². The predicted octanol–water partition coefficient (Wildman–Crippen LogP) is 2.16. The van der Waals surface area contributed by atoms with E-state index in [2.05, 4.69) is 29.1 Å². The van der Waals surface area contributed by atoms with Crippen molar-refractivity contribution >= 4 is 5.96 Å². The first kappa shape index (κ1) is 13.1. The highest BCUT2D eigenvalue weighted by molar-refractivity contribution is 5.79. The Hall–Kier alpha value is -0.990. The molecule has 3 heteroatoms. The summed E-state index contributed by atoms with van der Waals surface area (Å²) in [5, 5.41) is 6.58. The fourth-order valence-electron chi connectivity index (χ4n) is 2.38. The fourth-order valence-corrected chi connectivity index (χ4v) is 2.38. The SMILES string of the molecule is C=CCNC(=NC)NCC1CCCC(C)C1. The molecule has 16 heavy (non-hydrogen) atoms. The summed E-state index contributed by atoms with van der Waals surface area (Å²) < 4.78 is 0. The molecule has 0 amide bonds. The average molecular weight is 223 g/mol. The van der Waals surface area contributed by atoms with E-state index in [4.69, 9.17) is 0 Å². The highest BCUT2D eigenvalue weighted by Gasteiger charge is 2.18. The molecule has 1 rings (SSSR count). The number of rotatable bonds is 4. The van der Waals surface area contributed by atoms with E-state index in [1.165, 1.54) is 25.7 Å². The van der Waals surface area contributed by atoms with Gasteiger partial charge in [-0.2, -0.15) is 0 Å². The van der Waals surface area contributed by atoms with Crippen LogP contribution in [0.2, 0.25) is 0 Å². The third-order valence-electron chi connectivity index (χ3n) is 3.24. The van der Waals surface area contributed by atoms with Crippen molar-refractivity contribution in [3.63, 3.8) is 0 Å². The monoisotopic (exact) mass is 223 g/mol. The van der Waals surface area contributed by atoms with E-state index < -0.39 is 0 Å². The Bertz CT molecular complexity index is 235. The van der Waals surface area contributed by atoms with Crippen molar-refractivity contribution < 1.29 is 0 Å². The van der Waals surface area contributed by atoms with Crippen molar-refractivity contribution in [3.05, 3.63) is 12.7 Å². The van der Waals surface area contributed by atoms with E-state index >= 15 is 0 Å². The molecule has 0 aromatic rings. The van der Waals surface area contributed by atoms with Gasteiger partial charge in [0.1, 0.15) is 0 Å². The molecule has 0 aromatic carbocycles. The molecule has 1 fully saturated rings. The summed E-state index contributed by atoms with van der Waals surface area (Å²) in [6, 6.07) is 0.